The first-order valence-electron chi connectivity index (χ1n) is 8.39. The second-order valence-corrected chi connectivity index (χ2v) is 6.77. The van der Waals surface area contributed by atoms with Crippen molar-refractivity contribution in [1.29, 1.82) is 0 Å². The summed E-state index contributed by atoms with van der Waals surface area (Å²) in [6.45, 7) is 1.41. The van der Waals surface area contributed by atoms with Crippen LogP contribution in [-0.4, -0.2) is 66.4 Å². The van der Waals surface area contributed by atoms with Crippen molar-refractivity contribution in [2.45, 2.75) is 31.3 Å². The molecule has 2 N–H and O–H groups in total. The highest BCUT2D eigenvalue weighted by molar-refractivity contribution is 5.93. The maximum atomic E-state index is 11.8. The molecule has 2 heterocycles. The number of ether oxygens (including phenoxy) is 1. The molecule has 0 unspecified atom stereocenters. The maximum absolute atomic E-state index is 11.8. The van der Waals surface area contributed by atoms with Crippen molar-refractivity contribution < 1.29 is 14.3 Å². The van der Waals surface area contributed by atoms with Crippen molar-refractivity contribution in [1.82, 2.24) is 20.0 Å². The predicted octanol–water partition coefficient (Wildman–Crippen LogP) is 0.239. The fourth-order valence-corrected chi connectivity index (χ4v) is 2.74. The molecule has 2 fully saturated rings. The number of nitrogens with one attached hydrogen (secondary N) is 2. The Kier molecular flexibility index (Phi) is 5.15. The third-order valence-electron chi connectivity index (χ3n) is 4.43. The van der Waals surface area contributed by atoms with Crippen LogP contribution in [0.1, 0.15) is 25.3 Å². The lowest BCUT2D eigenvalue weighted by molar-refractivity contribution is -0.133. The van der Waals surface area contributed by atoms with Crippen LogP contribution in [0, 0.1) is 5.92 Å². The number of carbonyl (C=O) groups excluding carboxylic acids is 2. The lowest BCUT2D eigenvalue weighted by atomic mass is 10.2. The molecule has 2 amide bonds. The van der Waals surface area contributed by atoms with E-state index in [1.165, 1.54) is 4.90 Å². The van der Waals surface area contributed by atoms with Crippen LogP contribution in [0.5, 0.6) is 0 Å². The molecular formula is C16H25N5O3. The average Bonchev–Trinajstić information content (AvgIpc) is 3.13. The summed E-state index contributed by atoms with van der Waals surface area (Å²) in [7, 11) is 3.43. The molecule has 2 atom stereocenters. The number of likely N-dealkylation sites (N-methyl/N-ethyl adjacent to an activating group) is 1. The molecule has 8 heteroatoms. The zero-order chi connectivity index (χ0) is 17.1. The van der Waals surface area contributed by atoms with Crippen LogP contribution in [0.4, 0.5) is 5.69 Å². The molecule has 1 aromatic rings. The second kappa shape index (κ2) is 7.31. The normalized spacial score (nSPS) is 23.2. The van der Waals surface area contributed by atoms with Gasteiger partial charge in [0, 0.05) is 38.8 Å². The number of amides is 2. The Labute approximate surface area is 141 Å². The average molecular weight is 335 g/mol. The Hall–Kier alpha value is -1.93. The zero-order valence-corrected chi connectivity index (χ0v) is 14.2. The topological polar surface area (TPSA) is 88.5 Å². The van der Waals surface area contributed by atoms with Gasteiger partial charge in [-0.1, -0.05) is 0 Å². The summed E-state index contributed by atoms with van der Waals surface area (Å²) in [5.41, 5.74) is 0.753. The van der Waals surface area contributed by atoms with Crippen molar-refractivity contribution in [2.75, 3.05) is 39.2 Å². The fourth-order valence-electron chi connectivity index (χ4n) is 2.74. The smallest absolute Gasteiger partial charge is 0.248 e. The molecule has 0 spiro atoms. The molecule has 0 bridgehead atoms. The maximum Gasteiger partial charge on any atom is 0.248 e. The highest BCUT2D eigenvalue weighted by atomic mass is 16.5. The van der Waals surface area contributed by atoms with Gasteiger partial charge < -0.3 is 20.3 Å². The molecular weight excluding hydrogens is 310 g/mol. The van der Waals surface area contributed by atoms with Gasteiger partial charge in [-0.3, -0.25) is 14.3 Å². The molecule has 132 valence electrons. The van der Waals surface area contributed by atoms with Crippen molar-refractivity contribution in [3.8, 4) is 0 Å². The Balaban J connectivity index is 1.43. The first kappa shape index (κ1) is 16.9. The first-order valence-corrected chi connectivity index (χ1v) is 8.39. The first-order chi connectivity index (χ1) is 11.5. The molecule has 0 aromatic carbocycles. The minimum Gasteiger partial charge on any atom is -0.370 e. The van der Waals surface area contributed by atoms with Crippen LogP contribution < -0.4 is 10.6 Å². The SMILES string of the molecule is CN(C)C(=O)COC[C@@H]1C[C@H](n2cc(NC(=O)C3CC3)cn2)CN1. The number of hydrogen-bond acceptors (Lipinski definition) is 5. The van der Waals surface area contributed by atoms with Gasteiger partial charge in [0.1, 0.15) is 6.61 Å². The van der Waals surface area contributed by atoms with Gasteiger partial charge in [-0.25, -0.2) is 0 Å². The summed E-state index contributed by atoms with van der Waals surface area (Å²) in [6, 6.07) is 0.438. The summed E-state index contributed by atoms with van der Waals surface area (Å²) in [5, 5.41) is 10.7. The number of rotatable bonds is 7. The zero-order valence-electron chi connectivity index (χ0n) is 14.2. The fraction of sp³-hybridized carbons (Fsp3) is 0.688. The van der Waals surface area contributed by atoms with E-state index in [0.29, 0.717) is 6.61 Å². The van der Waals surface area contributed by atoms with E-state index in [1.807, 2.05) is 10.9 Å². The molecule has 24 heavy (non-hydrogen) atoms. The molecule has 3 rings (SSSR count). The van der Waals surface area contributed by atoms with Gasteiger partial charge in [0.2, 0.25) is 11.8 Å². The summed E-state index contributed by atoms with van der Waals surface area (Å²) in [5.74, 6) is 0.247. The quantitative estimate of drug-likeness (QED) is 0.745. The molecule has 1 saturated carbocycles. The van der Waals surface area contributed by atoms with Crippen LogP contribution >= 0.6 is 0 Å². The van der Waals surface area contributed by atoms with Gasteiger partial charge in [0.05, 0.1) is 24.5 Å². The van der Waals surface area contributed by atoms with Crippen LogP contribution in [0.3, 0.4) is 0 Å². The van der Waals surface area contributed by atoms with E-state index in [-0.39, 0.29) is 36.4 Å². The predicted molar refractivity (Wildman–Crippen MR) is 88.5 cm³/mol. The van der Waals surface area contributed by atoms with E-state index in [0.717, 1.165) is 31.5 Å². The third kappa shape index (κ3) is 4.33. The van der Waals surface area contributed by atoms with Gasteiger partial charge in [-0.2, -0.15) is 5.10 Å². The van der Waals surface area contributed by atoms with Crippen molar-refractivity contribution >= 4 is 17.5 Å². The lowest BCUT2D eigenvalue weighted by Gasteiger charge is -2.13. The molecule has 1 saturated heterocycles. The van der Waals surface area contributed by atoms with Crippen molar-refractivity contribution in [2.24, 2.45) is 5.92 Å². The van der Waals surface area contributed by atoms with Crippen LogP contribution in [0.2, 0.25) is 0 Å². The number of nitrogens with zero attached hydrogens (tertiary/aromatic N) is 3. The molecule has 8 nitrogen and oxygen atoms in total. The highest BCUT2D eigenvalue weighted by Gasteiger charge is 2.30. The minimum atomic E-state index is -0.0346. The van der Waals surface area contributed by atoms with Crippen LogP contribution in [0.25, 0.3) is 0 Å². The molecule has 1 aromatic heterocycles. The van der Waals surface area contributed by atoms with Crippen molar-refractivity contribution in [3.63, 3.8) is 0 Å². The van der Waals surface area contributed by atoms with Gasteiger partial charge in [-0.05, 0) is 19.3 Å². The number of anilines is 1. The standard InChI is InChI=1S/C16H25N5O3/c1-20(2)15(22)10-24-9-12-5-14(7-17-12)21-8-13(6-18-21)19-16(23)11-3-4-11/h6,8,11-12,14,17H,3-5,7,9-10H2,1-2H3,(H,19,23)/t12-,14-/m0/s1. The van der Waals surface area contributed by atoms with E-state index in [9.17, 15) is 9.59 Å². The van der Waals surface area contributed by atoms with E-state index >= 15 is 0 Å². The molecule has 1 aliphatic carbocycles. The summed E-state index contributed by atoms with van der Waals surface area (Å²) in [4.78, 5) is 24.8. The molecule has 0 radical (unpaired) electrons. The van der Waals surface area contributed by atoms with Crippen molar-refractivity contribution in [3.05, 3.63) is 12.4 Å². The van der Waals surface area contributed by atoms with E-state index in [1.54, 1.807) is 20.3 Å². The summed E-state index contributed by atoms with van der Waals surface area (Å²) < 4.78 is 7.36. The van der Waals surface area contributed by atoms with Gasteiger partial charge in [0.15, 0.2) is 0 Å². The molecule has 1 aliphatic heterocycles. The third-order valence-corrected chi connectivity index (χ3v) is 4.43. The Morgan fingerprint density at radius 2 is 2.25 bits per heavy atom. The van der Waals surface area contributed by atoms with E-state index in [4.69, 9.17) is 4.74 Å². The second-order valence-electron chi connectivity index (χ2n) is 6.77. The van der Waals surface area contributed by atoms with Gasteiger partial charge in [-0.15, -0.1) is 0 Å². The monoisotopic (exact) mass is 335 g/mol. The van der Waals surface area contributed by atoms with Crippen LogP contribution in [-0.2, 0) is 14.3 Å². The summed E-state index contributed by atoms with van der Waals surface area (Å²) in [6.07, 6.45) is 6.44. The van der Waals surface area contributed by atoms with E-state index in [2.05, 4.69) is 15.7 Å². The lowest BCUT2D eigenvalue weighted by Crippen LogP contribution is -2.31. The number of hydrogen-bond donors (Lipinski definition) is 2. The number of aromatic nitrogens is 2. The minimum absolute atomic E-state index is 0.0346. The van der Waals surface area contributed by atoms with E-state index < -0.39 is 0 Å². The largest absolute Gasteiger partial charge is 0.370 e. The van der Waals surface area contributed by atoms with Crippen LogP contribution in [0.15, 0.2) is 12.4 Å². The Bertz CT molecular complexity index is 596. The molecule has 2 aliphatic rings. The highest BCUT2D eigenvalue weighted by Crippen LogP contribution is 2.30. The van der Waals surface area contributed by atoms with Gasteiger partial charge >= 0.3 is 0 Å². The Morgan fingerprint density at radius 3 is 2.96 bits per heavy atom. The summed E-state index contributed by atoms with van der Waals surface area (Å²) >= 11 is 0. The number of carbonyl (C=O) groups is 2. The van der Waals surface area contributed by atoms with Gasteiger partial charge in [0.25, 0.3) is 0 Å². The Morgan fingerprint density at radius 1 is 1.46 bits per heavy atom.